The molecule has 0 spiro atoms. The summed E-state index contributed by atoms with van der Waals surface area (Å²) >= 11 is 0. The van der Waals surface area contributed by atoms with Gasteiger partial charge in [-0.3, -0.25) is 0 Å². The summed E-state index contributed by atoms with van der Waals surface area (Å²) < 4.78 is 10.9. The lowest BCUT2D eigenvalue weighted by Gasteiger charge is -2.54. The van der Waals surface area contributed by atoms with Crippen molar-refractivity contribution in [2.45, 2.75) is 77.7 Å². The van der Waals surface area contributed by atoms with E-state index in [-0.39, 0.29) is 0 Å². The zero-order chi connectivity index (χ0) is 22.9. The highest BCUT2D eigenvalue weighted by molar-refractivity contribution is 5.43. The van der Waals surface area contributed by atoms with Gasteiger partial charge in [0.15, 0.2) is 11.5 Å². The molecule has 2 N–H and O–H groups in total. The van der Waals surface area contributed by atoms with Crippen LogP contribution in [-0.2, 0) is 18.4 Å². The minimum absolute atomic E-state index is 0.313. The number of methoxy groups -OCH3 is 2. The molecule has 0 aliphatic heterocycles. The Bertz CT molecular complexity index is 952. The number of aryl methyl sites for hydroxylation is 1. The van der Waals surface area contributed by atoms with Gasteiger partial charge < -0.3 is 14.8 Å². The van der Waals surface area contributed by atoms with E-state index >= 15 is 0 Å². The maximum atomic E-state index is 5.49. The van der Waals surface area contributed by atoms with Crippen LogP contribution >= 0.6 is 0 Å². The van der Waals surface area contributed by atoms with E-state index in [1.165, 1.54) is 49.8 Å². The van der Waals surface area contributed by atoms with Crippen molar-refractivity contribution >= 4 is 0 Å². The largest absolute Gasteiger partial charge is 0.493 e. The van der Waals surface area contributed by atoms with Gasteiger partial charge in [0.05, 0.1) is 20.8 Å². The highest BCUT2D eigenvalue weighted by Crippen LogP contribution is 2.56. The summed E-state index contributed by atoms with van der Waals surface area (Å²) in [5.41, 5.74) is 6.73. The molecule has 3 atom stereocenters. The average Bonchev–Trinajstić information content (AvgIpc) is 2.78. The van der Waals surface area contributed by atoms with Crippen LogP contribution in [0.1, 0.15) is 81.5 Å². The molecule has 0 aromatic heterocycles. The number of fused-ring (bicyclic) bond motifs is 3. The maximum Gasteiger partial charge on any atom is 0.161 e. The minimum atomic E-state index is 0.313. The normalized spacial score (nSPS) is 27.0. The van der Waals surface area contributed by atoms with Crippen LogP contribution in [0, 0.1) is 11.3 Å². The second-order valence-corrected chi connectivity index (χ2v) is 11.0. The molecule has 2 aromatic rings. The number of benzene rings is 2. The molecule has 0 unspecified atom stereocenters. The summed E-state index contributed by atoms with van der Waals surface area (Å²) in [7, 11) is 3.40. The standard InChI is InChI=1S/C29H41NO2/c1-20(2)22-9-11-24-23(17-22)10-13-27-28(3,14-7-15-29(24,27)4)19-30-18-21-8-12-25(31-5)26(16-21)32-6/h8-9,11-12,16-17,20,27,30H,7,10,13-15,18-19H2,1-6H3/p+1/t27-,28+,29-/m1/s1. The summed E-state index contributed by atoms with van der Waals surface area (Å²) in [5.74, 6) is 2.98. The second-order valence-electron chi connectivity index (χ2n) is 11.0. The summed E-state index contributed by atoms with van der Waals surface area (Å²) in [6.07, 6.45) is 6.57. The van der Waals surface area contributed by atoms with E-state index in [0.29, 0.717) is 16.7 Å². The fourth-order valence-electron chi connectivity index (χ4n) is 6.82. The number of hydrogen-bond donors (Lipinski definition) is 1. The SMILES string of the molecule is COc1ccc(C[NH2+]C[C@]2(C)CCC[C@]3(C)c4ccc(C(C)C)cc4CC[C@H]23)cc1OC. The van der Waals surface area contributed by atoms with Crippen LogP contribution in [-0.4, -0.2) is 20.8 Å². The fraction of sp³-hybridized carbons (Fsp3) is 0.586. The monoisotopic (exact) mass is 436 g/mol. The second kappa shape index (κ2) is 9.09. The Labute approximate surface area is 194 Å². The van der Waals surface area contributed by atoms with Crippen LogP contribution in [0.3, 0.4) is 0 Å². The molecule has 0 amide bonds. The molecule has 174 valence electrons. The number of quaternary nitrogens is 1. The predicted molar refractivity (Wildman–Crippen MR) is 132 cm³/mol. The zero-order valence-corrected chi connectivity index (χ0v) is 21.0. The van der Waals surface area contributed by atoms with Crippen molar-refractivity contribution in [2.24, 2.45) is 11.3 Å². The van der Waals surface area contributed by atoms with Gasteiger partial charge >= 0.3 is 0 Å². The van der Waals surface area contributed by atoms with E-state index < -0.39 is 0 Å². The summed E-state index contributed by atoms with van der Waals surface area (Å²) in [5, 5.41) is 2.52. The highest BCUT2D eigenvalue weighted by Gasteiger charge is 2.52. The first kappa shape index (κ1) is 23.2. The highest BCUT2D eigenvalue weighted by atomic mass is 16.5. The van der Waals surface area contributed by atoms with Gasteiger partial charge in [0.25, 0.3) is 0 Å². The lowest BCUT2D eigenvalue weighted by Crippen LogP contribution is -2.86. The Morgan fingerprint density at radius 2 is 1.78 bits per heavy atom. The van der Waals surface area contributed by atoms with Crippen LogP contribution in [0.15, 0.2) is 36.4 Å². The van der Waals surface area contributed by atoms with E-state index in [9.17, 15) is 0 Å². The van der Waals surface area contributed by atoms with E-state index in [1.807, 2.05) is 6.07 Å². The molecule has 3 nitrogen and oxygen atoms in total. The molecule has 1 fully saturated rings. The lowest BCUT2D eigenvalue weighted by atomic mass is 9.49. The Morgan fingerprint density at radius 1 is 1.00 bits per heavy atom. The number of nitrogens with two attached hydrogens (primary N) is 1. The van der Waals surface area contributed by atoms with Crippen molar-refractivity contribution in [3.05, 3.63) is 58.7 Å². The molecule has 2 aliphatic carbocycles. The molecule has 32 heavy (non-hydrogen) atoms. The molecule has 2 aromatic carbocycles. The third kappa shape index (κ3) is 4.17. The zero-order valence-electron chi connectivity index (χ0n) is 21.0. The van der Waals surface area contributed by atoms with Crippen molar-refractivity contribution in [1.82, 2.24) is 0 Å². The Hall–Kier alpha value is -2.00. The number of ether oxygens (including phenoxy) is 2. The van der Waals surface area contributed by atoms with Crippen molar-refractivity contribution in [3.8, 4) is 11.5 Å². The lowest BCUT2D eigenvalue weighted by molar-refractivity contribution is -0.683. The first-order valence-corrected chi connectivity index (χ1v) is 12.5. The topological polar surface area (TPSA) is 35.1 Å². The van der Waals surface area contributed by atoms with Gasteiger partial charge in [0, 0.05) is 11.0 Å². The predicted octanol–water partition coefficient (Wildman–Crippen LogP) is 5.60. The van der Waals surface area contributed by atoms with Crippen molar-refractivity contribution < 1.29 is 14.8 Å². The van der Waals surface area contributed by atoms with Crippen LogP contribution in [0.4, 0.5) is 0 Å². The van der Waals surface area contributed by atoms with Gasteiger partial charge in [-0.25, -0.2) is 0 Å². The molecule has 0 heterocycles. The Kier molecular flexibility index (Phi) is 6.58. The van der Waals surface area contributed by atoms with E-state index in [2.05, 4.69) is 63.3 Å². The van der Waals surface area contributed by atoms with Gasteiger partial charge in [-0.05, 0) is 77.8 Å². The Morgan fingerprint density at radius 3 is 2.50 bits per heavy atom. The Balaban J connectivity index is 1.50. The van der Waals surface area contributed by atoms with E-state index in [4.69, 9.17) is 9.47 Å². The third-order valence-electron chi connectivity index (χ3n) is 8.61. The van der Waals surface area contributed by atoms with Crippen LogP contribution in [0.25, 0.3) is 0 Å². The van der Waals surface area contributed by atoms with Crippen molar-refractivity contribution in [3.63, 3.8) is 0 Å². The quantitative estimate of drug-likeness (QED) is 0.613. The minimum Gasteiger partial charge on any atom is -0.493 e. The van der Waals surface area contributed by atoms with E-state index in [1.54, 1.807) is 25.3 Å². The average molecular weight is 437 g/mol. The smallest absolute Gasteiger partial charge is 0.161 e. The molecule has 3 heteroatoms. The summed E-state index contributed by atoms with van der Waals surface area (Å²) in [4.78, 5) is 0. The van der Waals surface area contributed by atoms with E-state index in [0.717, 1.165) is 24.0 Å². The molecule has 2 aliphatic rings. The molecule has 0 bridgehead atoms. The third-order valence-corrected chi connectivity index (χ3v) is 8.61. The van der Waals surface area contributed by atoms with Crippen LogP contribution in [0.2, 0.25) is 0 Å². The van der Waals surface area contributed by atoms with Crippen LogP contribution < -0.4 is 14.8 Å². The first-order chi connectivity index (χ1) is 15.3. The van der Waals surface area contributed by atoms with Gasteiger partial charge in [-0.15, -0.1) is 0 Å². The molecule has 0 radical (unpaired) electrons. The molecule has 1 saturated carbocycles. The summed E-state index contributed by atoms with van der Waals surface area (Å²) in [6, 6.07) is 13.7. The maximum absolute atomic E-state index is 5.49. The van der Waals surface area contributed by atoms with Crippen molar-refractivity contribution in [2.75, 3.05) is 20.8 Å². The van der Waals surface area contributed by atoms with Gasteiger partial charge in [-0.1, -0.05) is 52.3 Å². The van der Waals surface area contributed by atoms with Gasteiger partial charge in [-0.2, -0.15) is 0 Å². The van der Waals surface area contributed by atoms with Gasteiger partial charge in [0.2, 0.25) is 0 Å². The first-order valence-electron chi connectivity index (χ1n) is 12.5. The fourth-order valence-corrected chi connectivity index (χ4v) is 6.82. The number of hydrogen-bond acceptors (Lipinski definition) is 2. The molecular formula is C29H42NO2+. The van der Waals surface area contributed by atoms with Crippen molar-refractivity contribution in [1.29, 1.82) is 0 Å². The molecule has 4 rings (SSSR count). The summed E-state index contributed by atoms with van der Waals surface area (Å²) in [6.45, 7) is 11.9. The molecule has 0 saturated heterocycles. The molecular weight excluding hydrogens is 394 g/mol. The van der Waals surface area contributed by atoms with Crippen LogP contribution in [0.5, 0.6) is 11.5 Å². The van der Waals surface area contributed by atoms with Gasteiger partial charge in [0.1, 0.15) is 6.54 Å². The number of rotatable bonds is 7.